The number of amides is 1. The number of non-ortho nitro benzene ring substituents is 1. The van der Waals surface area contributed by atoms with Crippen molar-refractivity contribution in [2.45, 2.75) is 0 Å². The van der Waals surface area contributed by atoms with Gasteiger partial charge >= 0.3 is 0 Å². The van der Waals surface area contributed by atoms with Gasteiger partial charge in [-0.25, -0.2) is 0 Å². The van der Waals surface area contributed by atoms with Crippen molar-refractivity contribution in [3.05, 3.63) is 69.1 Å². The summed E-state index contributed by atoms with van der Waals surface area (Å²) < 4.78 is 0. The molecule has 3 aromatic rings. The van der Waals surface area contributed by atoms with Crippen molar-refractivity contribution >= 4 is 51.2 Å². The number of rotatable bonds is 3. The second-order valence-corrected chi connectivity index (χ2v) is 6.74. The minimum absolute atomic E-state index is 0.0307. The van der Waals surface area contributed by atoms with Gasteiger partial charge < -0.3 is 10.1 Å². The molecule has 1 aliphatic rings. The van der Waals surface area contributed by atoms with Crippen LogP contribution in [-0.4, -0.2) is 26.1 Å². The van der Waals surface area contributed by atoms with E-state index < -0.39 is 10.8 Å². The van der Waals surface area contributed by atoms with Crippen molar-refractivity contribution in [2.75, 3.05) is 0 Å². The van der Waals surface area contributed by atoms with Crippen LogP contribution in [0.4, 0.5) is 11.4 Å². The Morgan fingerprint density at radius 3 is 2.64 bits per heavy atom. The lowest BCUT2D eigenvalue weighted by atomic mass is 10.2. The molecule has 0 saturated carbocycles. The van der Waals surface area contributed by atoms with Crippen LogP contribution in [0.3, 0.4) is 0 Å². The van der Waals surface area contributed by atoms with Gasteiger partial charge in [-0.2, -0.15) is 4.99 Å². The lowest BCUT2D eigenvalue weighted by molar-refractivity contribution is -0.384. The molecule has 0 bridgehead atoms. The zero-order valence-corrected chi connectivity index (χ0v) is 14.9. The third-order valence-electron chi connectivity index (χ3n) is 3.91. The number of aromatic nitrogens is 1. The van der Waals surface area contributed by atoms with Gasteiger partial charge in [-0.1, -0.05) is 18.2 Å². The molecule has 0 aliphatic carbocycles. The maximum absolute atomic E-state index is 12.1. The SMILES string of the molecule is O=C1N=C(N=Nc2c(O)[nH]c3ccccc23)S/C1=C/c1ccc([N+](=O)[O-])cc1. The molecule has 0 atom stereocenters. The second-order valence-electron chi connectivity index (χ2n) is 5.73. The summed E-state index contributed by atoms with van der Waals surface area (Å²) >= 11 is 1.03. The first-order chi connectivity index (χ1) is 13.5. The molecule has 2 N–H and O–H groups in total. The predicted octanol–water partition coefficient (Wildman–Crippen LogP) is 4.54. The van der Waals surface area contributed by atoms with E-state index in [4.69, 9.17) is 0 Å². The molecular formula is C18H11N5O4S. The summed E-state index contributed by atoms with van der Waals surface area (Å²) in [5.74, 6) is -0.595. The monoisotopic (exact) mass is 393 g/mol. The Morgan fingerprint density at radius 1 is 1.14 bits per heavy atom. The van der Waals surface area contributed by atoms with Crippen LogP contribution in [-0.2, 0) is 4.79 Å². The zero-order chi connectivity index (χ0) is 19.7. The summed E-state index contributed by atoms with van der Waals surface area (Å²) in [6, 6.07) is 13.0. The number of fused-ring (bicyclic) bond motifs is 1. The molecular weight excluding hydrogens is 382 g/mol. The van der Waals surface area contributed by atoms with Crippen LogP contribution in [0.2, 0.25) is 0 Å². The number of aromatic amines is 1. The van der Waals surface area contributed by atoms with E-state index in [0.717, 1.165) is 11.8 Å². The van der Waals surface area contributed by atoms with Crippen LogP contribution in [0.15, 0.2) is 68.7 Å². The second kappa shape index (κ2) is 7.08. The fourth-order valence-corrected chi connectivity index (χ4v) is 3.33. The number of benzene rings is 2. The standard InChI is InChI=1S/C18H11N5O4S/c24-16-14(9-10-5-7-11(8-6-10)23(26)27)28-18(20-16)22-21-15-12-3-1-2-4-13(12)19-17(15)25/h1-9,19,25H/b14-9+,22-21?. The molecule has 4 rings (SSSR count). The maximum Gasteiger partial charge on any atom is 0.286 e. The first-order valence-corrected chi connectivity index (χ1v) is 8.81. The number of aliphatic imine (C=N–C) groups is 1. The first-order valence-electron chi connectivity index (χ1n) is 8.00. The smallest absolute Gasteiger partial charge is 0.286 e. The number of para-hydroxylation sites is 1. The van der Waals surface area contributed by atoms with E-state index in [2.05, 4.69) is 20.2 Å². The molecule has 0 saturated heterocycles. The van der Waals surface area contributed by atoms with E-state index in [0.29, 0.717) is 21.4 Å². The van der Waals surface area contributed by atoms with Crippen LogP contribution in [0.1, 0.15) is 5.56 Å². The third kappa shape index (κ3) is 3.40. The van der Waals surface area contributed by atoms with Gasteiger partial charge in [0, 0.05) is 17.5 Å². The molecule has 10 heteroatoms. The molecule has 28 heavy (non-hydrogen) atoms. The summed E-state index contributed by atoms with van der Waals surface area (Å²) in [6.45, 7) is 0. The fraction of sp³-hybridized carbons (Fsp3) is 0. The number of carbonyl (C=O) groups excluding carboxylic acids is 1. The summed E-state index contributed by atoms with van der Waals surface area (Å²) in [6.07, 6.45) is 1.58. The number of nitro benzene ring substituents is 1. The molecule has 0 spiro atoms. The summed E-state index contributed by atoms with van der Waals surface area (Å²) in [7, 11) is 0. The van der Waals surface area contributed by atoms with Crippen LogP contribution in [0.25, 0.3) is 17.0 Å². The molecule has 9 nitrogen and oxygen atoms in total. The average Bonchev–Trinajstić information content (AvgIpc) is 3.19. The summed E-state index contributed by atoms with van der Waals surface area (Å²) in [5, 5.41) is 29.5. The largest absolute Gasteiger partial charge is 0.493 e. The summed E-state index contributed by atoms with van der Waals surface area (Å²) in [4.78, 5) is 29.2. The molecule has 1 amide bonds. The molecule has 1 aliphatic heterocycles. The van der Waals surface area contributed by atoms with Crippen molar-refractivity contribution in [1.82, 2.24) is 4.98 Å². The highest BCUT2D eigenvalue weighted by molar-refractivity contribution is 8.18. The van der Waals surface area contributed by atoms with E-state index in [9.17, 15) is 20.0 Å². The molecule has 0 unspecified atom stereocenters. The van der Waals surface area contributed by atoms with Gasteiger partial charge in [0.1, 0.15) is 0 Å². The van der Waals surface area contributed by atoms with E-state index in [1.54, 1.807) is 30.3 Å². The first kappa shape index (κ1) is 17.6. The quantitative estimate of drug-likeness (QED) is 0.292. The number of amidine groups is 1. The number of aromatic hydroxyl groups is 1. The van der Waals surface area contributed by atoms with Crippen LogP contribution in [0.5, 0.6) is 5.88 Å². The maximum atomic E-state index is 12.1. The van der Waals surface area contributed by atoms with Crippen molar-refractivity contribution in [2.24, 2.45) is 15.2 Å². The minimum Gasteiger partial charge on any atom is -0.493 e. The van der Waals surface area contributed by atoms with Gasteiger partial charge in [-0.3, -0.25) is 14.9 Å². The number of H-pyrrole nitrogens is 1. The third-order valence-corrected chi connectivity index (χ3v) is 4.77. The van der Waals surface area contributed by atoms with Crippen molar-refractivity contribution in [3.8, 4) is 5.88 Å². The number of hydrogen-bond acceptors (Lipinski definition) is 7. The van der Waals surface area contributed by atoms with Gasteiger partial charge in [-0.15, -0.1) is 10.2 Å². The van der Waals surface area contributed by atoms with Crippen molar-refractivity contribution < 1.29 is 14.8 Å². The van der Waals surface area contributed by atoms with Gasteiger partial charge in [-0.05, 0) is 41.6 Å². The predicted molar refractivity (Wildman–Crippen MR) is 106 cm³/mol. The van der Waals surface area contributed by atoms with Gasteiger partial charge in [0.15, 0.2) is 5.69 Å². The Balaban J connectivity index is 1.54. The fourth-order valence-electron chi connectivity index (χ4n) is 2.59. The van der Waals surface area contributed by atoms with E-state index >= 15 is 0 Å². The van der Waals surface area contributed by atoms with Crippen LogP contribution >= 0.6 is 11.8 Å². The highest BCUT2D eigenvalue weighted by atomic mass is 32.2. The highest BCUT2D eigenvalue weighted by Gasteiger charge is 2.22. The van der Waals surface area contributed by atoms with Crippen LogP contribution < -0.4 is 0 Å². The van der Waals surface area contributed by atoms with Gasteiger partial charge in [0.2, 0.25) is 11.0 Å². The summed E-state index contributed by atoms with van der Waals surface area (Å²) in [5.41, 5.74) is 1.57. The Bertz CT molecular complexity index is 1190. The molecule has 138 valence electrons. The van der Waals surface area contributed by atoms with Crippen molar-refractivity contribution in [3.63, 3.8) is 0 Å². The number of nitrogens with zero attached hydrogens (tertiary/aromatic N) is 4. The number of nitro groups is 1. The zero-order valence-electron chi connectivity index (χ0n) is 14.1. The van der Waals surface area contributed by atoms with E-state index in [-0.39, 0.29) is 22.4 Å². The topological polar surface area (TPSA) is 133 Å². The number of carbonyl (C=O) groups is 1. The van der Waals surface area contributed by atoms with Crippen LogP contribution in [0, 0.1) is 10.1 Å². The Hall–Kier alpha value is -3.79. The molecule has 2 heterocycles. The Labute approximate surface area is 161 Å². The normalized spacial score (nSPS) is 15.6. The molecule has 0 radical (unpaired) electrons. The lowest BCUT2D eigenvalue weighted by Crippen LogP contribution is -1.89. The molecule has 1 aromatic heterocycles. The number of hydrogen-bond donors (Lipinski definition) is 2. The van der Waals surface area contributed by atoms with Gasteiger partial charge in [0.05, 0.1) is 15.3 Å². The number of azo groups is 1. The Kier molecular flexibility index (Phi) is 4.45. The van der Waals surface area contributed by atoms with E-state index in [1.807, 2.05) is 12.1 Å². The van der Waals surface area contributed by atoms with Crippen molar-refractivity contribution in [1.29, 1.82) is 0 Å². The number of thioether (sulfide) groups is 1. The average molecular weight is 393 g/mol. The molecule has 2 aromatic carbocycles. The highest BCUT2D eigenvalue weighted by Crippen LogP contribution is 2.36. The minimum atomic E-state index is -0.492. The Morgan fingerprint density at radius 2 is 1.89 bits per heavy atom. The molecule has 0 fully saturated rings. The number of nitrogens with one attached hydrogen (secondary N) is 1. The lowest BCUT2D eigenvalue weighted by Gasteiger charge is -1.96. The van der Waals surface area contributed by atoms with E-state index in [1.165, 1.54) is 12.1 Å². The van der Waals surface area contributed by atoms with Gasteiger partial charge in [0.25, 0.3) is 11.6 Å².